The molecule has 3 aliphatic rings. The minimum Gasteiger partial charge on any atom is -0.497 e. The van der Waals surface area contributed by atoms with Gasteiger partial charge in [0.1, 0.15) is 10.8 Å². The molecule has 4 atom stereocenters. The number of hydrogen-bond acceptors (Lipinski definition) is 7. The van der Waals surface area contributed by atoms with Gasteiger partial charge in [0.25, 0.3) is 0 Å². The molecule has 0 aliphatic carbocycles. The first-order chi connectivity index (χ1) is 13.2. The van der Waals surface area contributed by atoms with Crippen molar-refractivity contribution in [2.75, 3.05) is 39.9 Å². The normalized spacial score (nSPS) is 32.6. The number of rotatable bonds is 5. The molecule has 3 fully saturated rings. The van der Waals surface area contributed by atoms with Crippen LogP contribution >= 0.6 is 11.3 Å². The molecular weight excluding hydrogens is 362 g/mol. The van der Waals surface area contributed by atoms with Crippen LogP contribution in [0.1, 0.15) is 4.88 Å². The zero-order valence-corrected chi connectivity index (χ0v) is 16.2. The fourth-order valence-corrected chi connectivity index (χ4v) is 5.96. The summed E-state index contributed by atoms with van der Waals surface area (Å²) in [6.07, 6.45) is 2.15. The Balaban J connectivity index is 1.30. The van der Waals surface area contributed by atoms with Crippen molar-refractivity contribution in [3.8, 4) is 16.3 Å². The fourth-order valence-electron chi connectivity index (χ4n) is 5.01. The van der Waals surface area contributed by atoms with Crippen molar-refractivity contribution in [2.45, 2.75) is 18.2 Å². The SMILES string of the molecule is COc1cccc(-c2ncc(CN3C[C@@H]4[C@H](CO)[C@H]5CNC[C@]4(C3)O5)s2)c1. The molecule has 1 spiro atoms. The maximum atomic E-state index is 9.86. The molecule has 0 unspecified atom stereocenters. The maximum Gasteiger partial charge on any atom is 0.123 e. The van der Waals surface area contributed by atoms with E-state index in [1.54, 1.807) is 18.4 Å². The van der Waals surface area contributed by atoms with Gasteiger partial charge in [-0.15, -0.1) is 11.3 Å². The Hall–Kier alpha value is -1.51. The van der Waals surface area contributed by atoms with Crippen molar-refractivity contribution in [3.63, 3.8) is 0 Å². The van der Waals surface area contributed by atoms with E-state index < -0.39 is 0 Å². The molecule has 27 heavy (non-hydrogen) atoms. The molecule has 2 N–H and O–H groups in total. The lowest BCUT2D eigenvalue weighted by Crippen LogP contribution is -2.52. The van der Waals surface area contributed by atoms with Crippen LogP contribution in [0.5, 0.6) is 5.75 Å². The third-order valence-electron chi connectivity index (χ3n) is 6.23. The van der Waals surface area contributed by atoms with Gasteiger partial charge in [-0.1, -0.05) is 12.1 Å². The number of methoxy groups -OCH3 is 1. The van der Waals surface area contributed by atoms with Crippen LogP contribution in [0, 0.1) is 11.8 Å². The molecule has 3 aliphatic heterocycles. The van der Waals surface area contributed by atoms with Crippen LogP contribution in [0.4, 0.5) is 0 Å². The number of ether oxygens (including phenoxy) is 2. The molecule has 1 aromatic heterocycles. The molecule has 7 heteroatoms. The molecule has 1 aromatic carbocycles. The van der Waals surface area contributed by atoms with E-state index in [0.29, 0.717) is 5.92 Å². The highest BCUT2D eigenvalue weighted by Gasteiger charge is 2.60. The largest absolute Gasteiger partial charge is 0.497 e. The van der Waals surface area contributed by atoms with E-state index >= 15 is 0 Å². The van der Waals surface area contributed by atoms with Crippen molar-refractivity contribution >= 4 is 11.3 Å². The number of thiazole rings is 1. The number of morpholine rings is 1. The summed E-state index contributed by atoms with van der Waals surface area (Å²) in [5, 5.41) is 14.4. The Morgan fingerprint density at radius 3 is 3.26 bits per heavy atom. The van der Waals surface area contributed by atoms with Gasteiger partial charge in [0.2, 0.25) is 0 Å². The molecule has 2 aromatic rings. The molecule has 4 heterocycles. The molecular formula is C20H25N3O3S. The van der Waals surface area contributed by atoms with Crippen molar-refractivity contribution in [1.29, 1.82) is 0 Å². The highest BCUT2D eigenvalue weighted by molar-refractivity contribution is 7.15. The van der Waals surface area contributed by atoms with E-state index in [1.807, 2.05) is 24.4 Å². The third kappa shape index (κ3) is 2.98. The van der Waals surface area contributed by atoms with Crippen LogP contribution in [-0.2, 0) is 11.3 Å². The predicted molar refractivity (Wildman–Crippen MR) is 104 cm³/mol. The van der Waals surface area contributed by atoms with E-state index in [-0.39, 0.29) is 24.2 Å². The Labute approximate surface area is 163 Å². The van der Waals surface area contributed by atoms with Crippen LogP contribution in [0.2, 0.25) is 0 Å². The lowest BCUT2D eigenvalue weighted by Gasteiger charge is -2.34. The van der Waals surface area contributed by atoms with E-state index in [9.17, 15) is 5.11 Å². The van der Waals surface area contributed by atoms with Crippen molar-refractivity contribution in [3.05, 3.63) is 35.3 Å². The van der Waals surface area contributed by atoms with E-state index in [0.717, 1.165) is 49.0 Å². The molecule has 2 bridgehead atoms. The van der Waals surface area contributed by atoms with Crippen LogP contribution in [0.3, 0.4) is 0 Å². The number of fused-ring (bicyclic) bond motifs is 1. The summed E-state index contributed by atoms with van der Waals surface area (Å²) in [5.74, 6) is 1.51. The monoisotopic (exact) mass is 387 g/mol. The van der Waals surface area contributed by atoms with Gasteiger partial charge >= 0.3 is 0 Å². The van der Waals surface area contributed by atoms with Gasteiger partial charge in [-0.3, -0.25) is 4.90 Å². The minimum atomic E-state index is -0.128. The summed E-state index contributed by atoms with van der Waals surface area (Å²) in [4.78, 5) is 8.33. The number of aromatic nitrogens is 1. The van der Waals surface area contributed by atoms with Crippen LogP contribution in [-0.4, -0.2) is 66.6 Å². The van der Waals surface area contributed by atoms with E-state index in [4.69, 9.17) is 9.47 Å². The second-order valence-corrected chi connectivity index (χ2v) is 8.95. The average molecular weight is 388 g/mol. The predicted octanol–water partition coefficient (Wildman–Crippen LogP) is 1.60. The van der Waals surface area contributed by atoms with E-state index in [2.05, 4.69) is 21.3 Å². The molecule has 0 amide bonds. The van der Waals surface area contributed by atoms with Crippen LogP contribution in [0.15, 0.2) is 30.5 Å². The highest BCUT2D eigenvalue weighted by Crippen LogP contribution is 2.47. The number of aliphatic hydroxyl groups excluding tert-OH is 1. The van der Waals surface area contributed by atoms with Gasteiger partial charge in [-0.05, 0) is 12.1 Å². The standard InChI is InChI=1S/C20H25N3O3S/c1-25-14-4-2-3-13(5-14)19-22-6-15(27-19)8-23-9-17-16(10-24)18-7-21-11-20(17,12-23)26-18/h2-6,16-18,21,24H,7-12H2,1H3/t16-,17+,18+,20+/m0/s1. The zero-order chi connectivity index (χ0) is 18.4. The van der Waals surface area contributed by atoms with Gasteiger partial charge in [0.15, 0.2) is 0 Å². The number of benzene rings is 1. The molecule has 5 rings (SSSR count). The van der Waals surface area contributed by atoms with Crippen molar-refractivity contribution in [2.24, 2.45) is 11.8 Å². The Morgan fingerprint density at radius 1 is 1.48 bits per heavy atom. The van der Waals surface area contributed by atoms with Crippen LogP contribution in [0.25, 0.3) is 10.6 Å². The minimum absolute atomic E-state index is 0.128. The summed E-state index contributed by atoms with van der Waals surface area (Å²) in [5.41, 5.74) is 0.960. The molecule has 3 saturated heterocycles. The molecule has 0 radical (unpaired) electrons. The fraction of sp³-hybridized carbons (Fsp3) is 0.550. The molecule has 0 saturated carbocycles. The Kier molecular flexibility index (Phi) is 4.44. The van der Waals surface area contributed by atoms with Gasteiger partial charge in [-0.2, -0.15) is 0 Å². The zero-order valence-electron chi connectivity index (χ0n) is 15.4. The van der Waals surface area contributed by atoms with E-state index in [1.165, 1.54) is 4.88 Å². The lowest BCUT2D eigenvalue weighted by atomic mass is 9.83. The summed E-state index contributed by atoms with van der Waals surface area (Å²) < 4.78 is 11.7. The van der Waals surface area contributed by atoms with Gasteiger partial charge in [-0.25, -0.2) is 4.98 Å². The molecule has 6 nitrogen and oxygen atoms in total. The summed E-state index contributed by atoms with van der Waals surface area (Å²) in [7, 11) is 1.68. The summed E-state index contributed by atoms with van der Waals surface area (Å²) in [6, 6.07) is 8.03. The highest BCUT2D eigenvalue weighted by atomic mass is 32.1. The average Bonchev–Trinajstić information content (AvgIpc) is 3.33. The Morgan fingerprint density at radius 2 is 2.41 bits per heavy atom. The van der Waals surface area contributed by atoms with Gasteiger partial charge in [0, 0.05) is 67.8 Å². The third-order valence-corrected chi connectivity index (χ3v) is 7.26. The first-order valence-corrected chi connectivity index (χ1v) is 10.3. The second kappa shape index (κ2) is 6.83. The van der Waals surface area contributed by atoms with Gasteiger partial charge < -0.3 is 19.9 Å². The smallest absolute Gasteiger partial charge is 0.123 e. The number of nitrogens with one attached hydrogen (secondary N) is 1. The first-order valence-electron chi connectivity index (χ1n) is 9.52. The van der Waals surface area contributed by atoms with Gasteiger partial charge in [0.05, 0.1) is 18.8 Å². The lowest BCUT2D eigenvalue weighted by molar-refractivity contribution is -0.0746. The first kappa shape index (κ1) is 17.6. The quantitative estimate of drug-likeness (QED) is 0.812. The topological polar surface area (TPSA) is 66.9 Å². The number of nitrogens with zero attached hydrogens (tertiary/aromatic N) is 2. The number of likely N-dealkylation sites (tertiary alicyclic amines) is 1. The van der Waals surface area contributed by atoms with Crippen molar-refractivity contribution < 1.29 is 14.6 Å². The van der Waals surface area contributed by atoms with Crippen molar-refractivity contribution in [1.82, 2.24) is 15.2 Å². The Bertz CT molecular complexity index is 828. The summed E-state index contributed by atoms with van der Waals surface area (Å²) in [6.45, 7) is 4.75. The number of hydrogen-bond donors (Lipinski definition) is 2. The molecule has 144 valence electrons. The number of aliphatic hydroxyl groups is 1. The second-order valence-electron chi connectivity index (χ2n) is 7.84. The summed E-state index contributed by atoms with van der Waals surface area (Å²) >= 11 is 1.73. The maximum absolute atomic E-state index is 9.86. The van der Waals surface area contributed by atoms with Crippen LogP contribution < -0.4 is 10.1 Å².